The van der Waals surface area contributed by atoms with E-state index in [4.69, 9.17) is 9.47 Å². The molecule has 41 heavy (non-hydrogen) atoms. The Kier molecular flexibility index (Phi) is 9.32. The predicted octanol–water partition coefficient (Wildman–Crippen LogP) is 6.42. The van der Waals surface area contributed by atoms with Gasteiger partial charge in [-0.05, 0) is 89.3 Å². The number of allylic oxidation sites excluding steroid dienone is 1. The van der Waals surface area contributed by atoms with Crippen molar-refractivity contribution in [3.05, 3.63) is 81.8 Å². The zero-order valence-electron chi connectivity index (χ0n) is 25.0. The molecule has 0 bridgehead atoms. The fraction of sp³-hybridized carbons (Fsp3) is 0.424. The smallest absolute Gasteiger partial charge is 0.355 e. The molecule has 0 saturated heterocycles. The van der Waals surface area contributed by atoms with E-state index in [-0.39, 0.29) is 24.9 Å². The molecule has 2 aliphatic rings. The van der Waals surface area contributed by atoms with Crippen LogP contribution in [0.5, 0.6) is 0 Å². The number of ether oxygens (including phenoxy) is 2. The second kappa shape index (κ2) is 12.6. The van der Waals surface area contributed by atoms with Crippen LogP contribution < -0.4 is 0 Å². The number of rotatable bonds is 10. The fourth-order valence-corrected chi connectivity index (χ4v) is 6.16. The van der Waals surface area contributed by atoms with Gasteiger partial charge in [0.2, 0.25) is 0 Å². The number of esters is 2. The van der Waals surface area contributed by atoms with Crippen molar-refractivity contribution in [2.45, 2.75) is 77.8 Å². The quantitative estimate of drug-likeness (QED) is 0.185. The fourth-order valence-electron chi connectivity index (χ4n) is 5.29. The van der Waals surface area contributed by atoms with E-state index in [1.54, 1.807) is 11.8 Å². The van der Waals surface area contributed by atoms with Gasteiger partial charge in [0, 0.05) is 47.1 Å². The van der Waals surface area contributed by atoms with Crippen LogP contribution in [-0.2, 0) is 32.0 Å². The van der Waals surface area contributed by atoms with Crippen molar-refractivity contribution in [3.8, 4) is 0 Å². The molecular weight excluding hydrogens is 536 g/mol. The molecule has 0 aliphatic carbocycles. The van der Waals surface area contributed by atoms with E-state index >= 15 is 0 Å². The van der Waals surface area contributed by atoms with E-state index in [9.17, 15) is 14.4 Å². The van der Waals surface area contributed by atoms with Gasteiger partial charge in [0.15, 0.2) is 0 Å². The topological polar surface area (TPSA) is 77.8 Å². The third-order valence-corrected chi connectivity index (χ3v) is 8.31. The van der Waals surface area contributed by atoms with E-state index in [1.165, 1.54) is 16.5 Å². The summed E-state index contributed by atoms with van der Waals surface area (Å²) < 4.78 is 12.9. The Morgan fingerprint density at radius 2 is 1.78 bits per heavy atom. The Morgan fingerprint density at radius 1 is 1.07 bits per heavy atom. The highest BCUT2D eigenvalue weighted by atomic mass is 32.2. The molecule has 0 unspecified atom stereocenters. The van der Waals surface area contributed by atoms with Crippen molar-refractivity contribution in [1.29, 1.82) is 0 Å². The maximum atomic E-state index is 13.5. The largest absolute Gasteiger partial charge is 0.461 e. The minimum atomic E-state index is -0.683. The Labute approximate surface area is 247 Å². The summed E-state index contributed by atoms with van der Waals surface area (Å²) in [5.41, 5.74) is 6.23. The highest BCUT2D eigenvalue weighted by Crippen LogP contribution is 2.38. The monoisotopic (exact) mass is 576 g/mol. The molecule has 2 aromatic rings. The predicted molar refractivity (Wildman–Crippen MR) is 163 cm³/mol. The van der Waals surface area contributed by atoms with Crippen molar-refractivity contribution in [1.82, 2.24) is 9.47 Å². The highest BCUT2D eigenvalue weighted by molar-refractivity contribution is 7.99. The summed E-state index contributed by atoms with van der Waals surface area (Å²) in [4.78, 5) is 42.2. The van der Waals surface area contributed by atoms with E-state index in [1.807, 2.05) is 50.2 Å². The van der Waals surface area contributed by atoms with Gasteiger partial charge in [-0.25, -0.2) is 4.79 Å². The van der Waals surface area contributed by atoms with Gasteiger partial charge in [-0.2, -0.15) is 0 Å². The lowest BCUT2D eigenvalue weighted by Gasteiger charge is -2.22. The van der Waals surface area contributed by atoms with Crippen LogP contribution in [0.3, 0.4) is 0 Å². The zero-order chi connectivity index (χ0) is 29.9. The van der Waals surface area contributed by atoms with Gasteiger partial charge in [-0.15, -0.1) is 11.8 Å². The van der Waals surface area contributed by atoms with E-state index in [0.717, 1.165) is 45.8 Å². The number of aromatic nitrogens is 1. The number of fused-ring (bicyclic) bond motifs is 2. The lowest BCUT2D eigenvalue weighted by molar-refractivity contribution is -0.142. The number of hydrogen-bond acceptors (Lipinski definition) is 6. The SMILES string of the molecule is C=CCOC(=O)CCc1c(C)c2n(c1C(=O)OC(C)(C)C)CCN1C(=O)C(C)=C(CCSc3ccc(C)cc3)C1=C2. The van der Waals surface area contributed by atoms with E-state index in [0.29, 0.717) is 25.2 Å². The number of carbonyl (C=O) groups excluding carboxylic acids is 3. The van der Waals surface area contributed by atoms with Crippen molar-refractivity contribution in [2.75, 3.05) is 18.9 Å². The number of nitrogens with zero attached hydrogens (tertiary/aromatic N) is 2. The molecule has 0 spiro atoms. The summed E-state index contributed by atoms with van der Waals surface area (Å²) in [6.45, 7) is 16.1. The van der Waals surface area contributed by atoms with Gasteiger partial charge in [-0.3, -0.25) is 9.59 Å². The van der Waals surface area contributed by atoms with Crippen LogP contribution >= 0.6 is 11.8 Å². The van der Waals surface area contributed by atoms with Crippen LogP contribution in [0.2, 0.25) is 0 Å². The average Bonchev–Trinajstić information content (AvgIpc) is 3.19. The molecule has 0 fully saturated rings. The van der Waals surface area contributed by atoms with Crippen LogP contribution in [0.15, 0.2) is 58.7 Å². The van der Waals surface area contributed by atoms with Gasteiger partial charge >= 0.3 is 11.9 Å². The number of aryl methyl sites for hydroxylation is 1. The third kappa shape index (κ3) is 6.87. The summed E-state index contributed by atoms with van der Waals surface area (Å²) in [5, 5.41) is 0. The second-order valence-electron chi connectivity index (χ2n) is 11.5. The van der Waals surface area contributed by atoms with Crippen molar-refractivity contribution in [3.63, 3.8) is 0 Å². The van der Waals surface area contributed by atoms with E-state index < -0.39 is 11.6 Å². The standard InChI is InChI=1S/C33H40N2O5S/c1-8-18-39-29(36)14-13-26-22(3)27-20-28-25(15-19-41-24-11-9-21(2)10-12-24)23(4)31(37)35(28)17-16-34(27)30(26)32(38)40-33(5,6)7/h8-12,20H,1,13-19H2,2-7H3. The Balaban J connectivity index is 1.68. The first-order valence-corrected chi connectivity index (χ1v) is 15.0. The lowest BCUT2D eigenvalue weighted by Crippen LogP contribution is -2.30. The normalized spacial score (nSPS) is 14.8. The van der Waals surface area contributed by atoms with Crippen LogP contribution in [0.4, 0.5) is 0 Å². The van der Waals surface area contributed by atoms with Crippen molar-refractivity contribution >= 4 is 35.7 Å². The Bertz CT molecular complexity index is 1420. The van der Waals surface area contributed by atoms with Gasteiger partial charge < -0.3 is 18.9 Å². The average molecular weight is 577 g/mol. The summed E-state index contributed by atoms with van der Waals surface area (Å²) in [6, 6.07) is 8.47. The summed E-state index contributed by atoms with van der Waals surface area (Å²) in [7, 11) is 0. The van der Waals surface area contributed by atoms with Crippen LogP contribution in [-0.4, -0.2) is 51.8 Å². The third-order valence-electron chi connectivity index (χ3n) is 7.30. The maximum Gasteiger partial charge on any atom is 0.355 e. The number of hydrogen-bond donors (Lipinski definition) is 0. The Morgan fingerprint density at radius 3 is 2.44 bits per heavy atom. The summed E-state index contributed by atoms with van der Waals surface area (Å²) >= 11 is 1.78. The molecule has 8 heteroatoms. The van der Waals surface area contributed by atoms with Gasteiger partial charge in [0.1, 0.15) is 17.9 Å². The molecule has 0 radical (unpaired) electrons. The van der Waals surface area contributed by atoms with Crippen molar-refractivity contribution < 1.29 is 23.9 Å². The molecule has 1 aromatic heterocycles. The number of thioether (sulfide) groups is 1. The van der Waals surface area contributed by atoms with Gasteiger partial charge in [-0.1, -0.05) is 30.4 Å². The molecular formula is C33H40N2O5S. The molecule has 2 aliphatic heterocycles. The molecule has 1 amide bonds. The molecule has 0 atom stereocenters. The molecule has 7 nitrogen and oxygen atoms in total. The molecule has 1 aromatic carbocycles. The van der Waals surface area contributed by atoms with Crippen LogP contribution in [0, 0.1) is 13.8 Å². The summed E-state index contributed by atoms with van der Waals surface area (Å²) in [6.07, 6.45) is 4.80. The molecule has 0 saturated carbocycles. The minimum absolute atomic E-state index is 0.0130. The lowest BCUT2D eigenvalue weighted by atomic mass is 10.0. The van der Waals surface area contributed by atoms with E-state index in [2.05, 4.69) is 37.8 Å². The first kappa shape index (κ1) is 30.4. The van der Waals surface area contributed by atoms with Gasteiger partial charge in [0.05, 0.1) is 0 Å². The highest BCUT2D eigenvalue weighted by Gasteiger charge is 2.36. The first-order valence-electron chi connectivity index (χ1n) is 14.1. The zero-order valence-corrected chi connectivity index (χ0v) is 25.8. The molecule has 218 valence electrons. The van der Waals surface area contributed by atoms with Crippen LogP contribution in [0.1, 0.15) is 73.4 Å². The molecule has 3 heterocycles. The number of benzene rings is 1. The Hall–Kier alpha value is -3.52. The number of amides is 1. The van der Waals surface area contributed by atoms with Gasteiger partial charge in [0.25, 0.3) is 5.91 Å². The second-order valence-corrected chi connectivity index (χ2v) is 12.6. The molecule has 0 N–H and O–H groups in total. The minimum Gasteiger partial charge on any atom is -0.461 e. The van der Waals surface area contributed by atoms with Crippen molar-refractivity contribution in [2.24, 2.45) is 0 Å². The number of carbonyl (C=O) groups is 3. The first-order chi connectivity index (χ1) is 19.4. The maximum absolute atomic E-state index is 13.5. The summed E-state index contributed by atoms with van der Waals surface area (Å²) in [5.74, 6) is 0.0716. The molecule has 4 rings (SSSR count). The van der Waals surface area contributed by atoms with Crippen LogP contribution in [0.25, 0.3) is 6.08 Å².